The minimum atomic E-state index is -0.647. The van der Waals surface area contributed by atoms with E-state index in [0.29, 0.717) is 39.4 Å². The van der Waals surface area contributed by atoms with Crippen LogP contribution in [0.2, 0.25) is 0 Å². The van der Waals surface area contributed by atoms with Gasteiger partial charge in [0.25, 0.3) is 0 Å². The molecule has 1 heterocycles. The number of aromatic nitrogens is 1. The van der Waals surface area contributed by atoms with Crippen molar-refractivity contribution in [3.63, 3.8) is 0 Å². The Hall–Kier alpha value is -5.58. The van der Waals surface area contributed by atoms with Gasteiger partial charge in [0, 0.05) is 33.9 Å². The van der Waals surface area contributed by atoms with Gasteiger partial charge in [-0.25, -0.2) is 4.79 Å². The molecule has 11 heteroatoms. The topological polar surface area (TPSA) is 134 Å². The molecule has 0 unspecified atom stereocenters. The summed E-state index contributed by atoms with van der Waals surface area (Å²) in [7, 11) is 4.04. The molecule has 0 aliphatic heterocycles. The van der Waals surface area contributed by atoms with Gasteiger partial charge in [-0.05, 0) is 6.92 Å². The van der Waals surface area contributed by atoms with Crippen molar-refractivity contribution >= 4 is 28.9 Å². The Labute approximate surface area is 242 Å². The van der Waals surface area contributed by atoms with E-state index in [1.165, 1.54) is 21.3 Å². The molecule has 0 saturated heterocycles. The summed E-state index contributed by atoms with van der Waals surface area (Å²) in [6.45, 7) is 1.75. The molecule has 0 bridgehead atoms. The highest BCUT2D eigenvalue weighted by molar-refractivity contribution is 6.47. The first-order valence-corrected chi connectivity index (χ1v) is 12.7. The lowest BCUT2D eigenvalue weighted by Gasteiger charge is -2.10. The van der Waals surface area contributed by atoms with Crippen molar-refractivity contribution in [3.8, 4) is 11.3 Å². The van der Waals surface area contributed by atoms with Crippen molar-refractivity contribution in [2.45, 2.75) is 13.5 Å². The van der Waals surface area contributed by atoms with E-state index in [2.05, 4.69) is 20.6 Å². The fraction of sp³-hybridized carbons (Fsp3) is 0.161. The van der Waals surface area contributed by atoms with Gasteiger partial charge in [-0.2, -0.15) is 0 Å². The van der Waals surface area contributed by atoms with Crippen LogP contribution in [-0.2, 0) is 30.7 Å². The molecule has 0 atom stereocenters. The standard InChI is InChI=1S/C31H28N4O7/c1-20(32-41-19-24-12-8-9-13-25(24)29(35-40-4)31(37)38-2)28(34-39-3)22-16-14-21(15-17-22)27-18-26(33-42-27)30(36)23-10-6-5-7-11-23/h5-18H,19H2,1-4H3/b32-20+,34-28-,35-29+. The molecule has 0 spiro atoms. The summed E-state index contributed by atoms with van der Waals surface area (Å²) in [4.78, 5) is 40.4. The van der Waals surface area contributed by atoms with Gasteiger partial charge in [0.15, 0.2) is 17.2 Å². The molecule has 1 aromatic heterocycles. The van der Waals surface area contributed by atoms with Gasteiger partial charge in [0.2, 0.25) is 5.78 Å². The van der Waals surface area contributed by atoms with E-state index in [0.717, 1.165) is 5.56 Å². The second-order valence-electron chi connectivity index (χ2n) is 8.69. The van der Waals surface area contributed by atoms with E-state index in [4.69, 9.17) is 23.8 Å². The molecule has 0 saturated carbocycles. The first-order valence-electron chi connectivity index (χ1n) is 12.7. The first kappa shape index (κ1) is 29.4. The first-order chi connectivity index (χ1) is 20.5. The van der Waals surface area contributed by atoms with Crippen molar-refractivity contribution in [1.29, 1.82) is 0 Å². The maximum absolute atomic E-state index is 12.7. The van der Waals surface area contributed by atoms with E-state index >= 15 is 0 Å². The lowest BCUT2D eigenvalue weighted by Crippen LogP contribution is -2.19. The van der Waals surface area contributed by atoms with Crippen LogP contribution in [0.5, 0.6) is 0 Å². The molecular formula is C31H28N4O7. The average Bonchev–Trinajstić information content (AvgIpc) is 3.53. The lowest BCUT2D eigenvalue weighted by atomic mass is 10.0. The molecule has 4 aromatic rings. The number of esters is 1. The predicted molar refractivity (Wildman–Crippen MR) is 155 cm³/mol. The van der Waals surface area contributed by atoms with E-state index in [1.54, 1.807) is 61.5 Å². The summed E-state index contributed by atoms with van der Waals surface area (Å²) >= 11 is 0. The number of benzene rings is 3. The van der Waals surface area contributed by atoms with Crippen LogP contribution in [0.4, 0.5) is 0 Å². The Morgan fingerprint density at radius 3 is 2.14 bits per heavy atom. The van der Waals surface area contributed by atoms with Gasteiger partial charge in [-0.15, -0.1) is 0 Å². The van der Waals surface area contributed by atoms with E-state index < -0.39 is 5.97 Å². The van der Waals surface area contributed by atoms with Crippen LogP contribution in [0.1, 0.15) is 39.7 Å². The fourth-order valence-electron chi connectivity index (χ4n) is 3.97. The molecule has 0 fully saturated rings. The van der Waals surface area contributed by atoms with Crippen molar-refractivity contribution < 1.29 is 33.4 Å². The van der Waals surface area contributed by atoms with Crippen LogP contribution in [0.3, 0.4) is 0 Å². The Morgan fingerprint density at radius 2 is 1.45 bits per heavy atom. The SMILES string of the molecule is CO/N=C(/C(C)=N/OCc1ccccc1/C(=N\OC)C(=O)OC)c1ccc(-c2cc(C(=O)c3ccccc3)no2)cc1. The molecule has 214 valence electrons. The number of hydrogen-bond donors (Lipinski definition) is 0. The Bertz CT molecular complexity index is 1620. The normalized spacial score (nSPS) is 12.0. The smallest absolute Gasteiger partial charge is 0.360 e. The molecular weight excluding hydrogens is 540 g/mol. The highest BCUT2D eigenvalue weighted by atomic mass is 16.6. The number of carbonyl (C=O) groups excluding carboxylic acids is 2. The zero-order chi connectivity index (χ0) is 29.9. The van der Waals surface area contributed by atoms with Crippen LogP contribution in [-0.4, -0.2) is 55.4 Å². The second-order valence-corrected chi connectivity index (χ2v) is 8.69. The third kappa shape index (κ3) is 6.94. The fourth-order valence-corrected chi connectivity index (χ4v) is 3.97. The van der Waals surface area contributed by atoms with Gasteiger partial charge in [0.05, 0.1) is 7.11 Å². The molecule has 0 N–H and O–H groups in total. The lowest BCUT2D eigenvalue weighted by molar-refractivity contribution is -0.132. The van der Waals surface area contributed by atoms with Crippen molar-refractivity contribution in [1.82, 2.24) is 5.16 Å². The number of ether oxygens (including phenoxy) is 1. The molecule has 11 nitrogen and oxygen atoms in total. The van der Waals surface area contributed by atoms with Gasteiger partial charge < -0.3 is 23.8 Å². The Balaban J connectivity index is 1.49. The largest absolute Gasteiger partial charge is 0.464 e. The summed E-state index contributed by atoms with van der Waals surface area (Å²) < 4.78 is 10.3. The van der Waals surface area contributed by atoms with Crippen LogP contribution in [0, 0.1) is 0 Å². The summed E-state index contributed by atoms with van der Waals surface area (Å²) in [6.07, 6.45) is 0. The van der Waals surface area contributed by atoms with E-state index in [1.807, 2.05) is 30.3 Å². The number of oxime groups is 3. The zero-order valence-electron chi connectivity index (χ0n) is 23.4. The zero-order valence-corrected chi connectivity index (χ0v) is 23.4. The highest BCUT2D eigenvalue weighted by Crippen LogP contribution is 2.23. The minimum Gasteiger partial charge on any atom is -0.464 e. The third-order valence-corrected chi connectivity index (χ3v) is 6.00. The molecule has 42 heavy (non-hydrogen) atoms. The number of nitrogens with zero attached hydrogens (tertiary/aromatic N) is 4. The summed E-state index contributed by atoms with van der Waals surface area (Å²) in [5.41, 5.74) is 4.18. The number of methoxy groups -OCH3 is 1. The van der Waals surface area contributed by atoms with E-state index in [-0.39, 0.29) is 23.8 Å². The molecule has 3 aromatic carbocycles. The number of rotatable bonds is 12. The van der Waals surface area contributed by atoms with Gasteiger partial charge in [0.1, 0.15) is 32.2 Å². The van der Waals surface area contributed by atoms with Crippen LogP contribution >= 0.6 is 0 Å². The number of hydrogen-bond acceptors (Lipinski definition) is 11. The maximum atomic E-state index is 12.7. The molecule has 0 radical (unpaired) electrons. The second kappa shape index (κ2) is 14.2. The molecule has 0 aliphatic carbocycles. The third-order valence-electron chi connectivity index (χ3n) is 6.00. The minimum absolute atomic E-state index is 0.00457. The number of ketones is 1. The predicted octanol–water partition coefficient (Wildman–Crippen LogP) is 5.04. The average molecular weight is 569 g/mol. The Morgan fingerprint density at radius 1 is 0.786 bits per heavy atom. The van der Waals surface area contributed by atoms with E-state index in [9.17, 15) is 9.59 Å². The van der Waals surface area contributed by atoms with Crippen molar-refractivity contribution in [2.24, 2.45) is 15.5 Å². The van der Waals surface area contributed by atoms with Gasteiger partial charge >= 0.3 is 5.97 Å². The van der Waals surface area contributed by atoms with Crippen molar-refractivity contribution in [3.05, 3.63) is 113 Å². The van der Waals surface area contributed by atoms with Gasteiger partial charge in [-0.3, -0.25) is 4.79 Å². The number of carbonyl (C=O) groups is 2. The van der Waals surface area contributed by atoms with Crippen LogP contribution < -0.4 is 0 Å². The van der Waals surface area contributed by atoms with Gasteiger partial charge in [-0.1, -0.05) is 99.5 Å². The monoisotopic (exact) mass is 568 g/mol. The highest BCUT2D eigenvalue weighted by Gasteiger charge is 2.20. The van der Waals surface area contributed by atoms with Crippen molar-refractivity contribution in [2.75, 3.05) is 21.3 Å². The van der Waals surface area contributed by atoms with Crippen LogP contribution in [0.25, 0.3) is 11.3 Å². The summed E-state index contributed by atoms with van der Waals surface area (Å²) in [5, 5.41) is 16.1. The van der Waals surface area contributed by atoms with Crippen LogP contribution in [0.15, 0.2) is 105 Å². The Kier molecular flexibility index (Phi) is 9.92. The maximum Gasteiger partial charge on any atom is 0.360 e. The summed E-state index contributed by atoms with van der Waals surface area (Å²) in [5.74, 6) is -0.424. The molecule has 0 aliphatic rings. The molecule has 4 rings (SSSR count). The quantitative estimate of drug-likeness (QED) is 0.100. The summed E-state index contributed by atoms with van der Waals surface area (Å²) in [6, 6.07) is 24.8. The molecule has 0 amide bonds.